The lowest BCUT2D eigenvalue weighted by atomic mass is 10.1. The molecule has 1 aromatic heterocycles. The molecule has 8 heteroatoms. The van der Waals surface area contributed by atoms with Crippen LogP contribution < -0.4 is 9.47 Å². The van der Waals surface area contributed by atoms with Crippen molar-refractivity contribution in [2.45, 2.75) is 31.9 Å². The van der Waals surface area contributed by atoms with Crippen LogP contribution in [0, 0.1) is 6.92 Å². The van der Waals surface area contributed by atoms with Crippen molar-refractivity contribution in [3.8, 4) is 11.5 Å². The predicted molar refractivity (Wildman–Crippen MR) is 85.2 cm³/mol. The Bertz CT molecular complexity index is 790. The highest BCUT2D eigenvalue weighted by Gasteiger charge is 2.39. The van der Waals surface area contributed by atoms with E-state index in [4.69, 9.17) is 18.7 Å². The van der Waals surface area contributed by atoms with Crippen molar-refractivity contribution < 1.29 is 23.5 Å². The highest BCUT2D eigenvalue weighted by molar-refractivity contribution is 5.79. The molecule has 3 heterocycles. The molecule has 8 nitrogen and oxygen atoms in total. The van der Waals surface area contributed by atoms with Gasteiger partial charge in [0.1, 0.15) is 6.04 Å². The highest BCUT2D eigenvalue weighted by atomic mass is 16.7. The third-order valence-corrected chi connectivity index (χ3v) is 4.54. The van der Waals surface area contributed by atoms with Gasteiger partial charge < -0.3 is 23.6 Å². The molecule has 0 unspecified atom stereocenters. The minimum absolute atomic E-state index is 0.0146. The van der Waals surface area contributed by atoms with E-state index in [1.54, 1.807) is 18.9 Å². The summed E-state index contributed by atoms with van der Waals surface area (Å²) in [7, 11) is 1.65. The molecule has 0 aliphatic carbocycles. The molecule has 132 valence electrons. The Kier molecular flexibility index (Phi) is 4.04. The molecule has 1 fully saturated rings. The van der Waals surface area contributed by atoms with E-state index in [9.17, 15) is 4.79 Å². The lowest BCUT2D eigenvalue weighted by Crippen LogP contribution is -2.33. The van der Waals surface area contributed by atoms with E-state index in [1.165, 1.54) is 0 Å². The van der Waals surface area contributed by atoms with Crippen molar-refractivity contribution in [3.05, 3.63) is 35.5 Å². The summed E-state index contributed by atoms with van der Waals surface area (Å²) in [5.41, 5.74) is 0.871. The molecular formula is C17H19N3O5. The summed E-state index contributed by atoms with van der Waals surface area (Å²) >= 11 is 0. The van der Waals surface area contributed by atoms with Crippen molar-refractivity contribution in [1.29, 1.82) is 0 Å². The first-order valence-corrected chi connectivity index (χ1v) is 8.15. The second-order valence-electron chi connectivity index (χ2n) is 6.20. The Morgan fingerprint density at radius 3 is 2.96 bits per heavy atom. The zero-order chi connectivity index (χ0) is 17.4. The monoisotopic (exact) mass is 345 g/mol. The molecule has 2 atom stereocenters. The van der Waals surface area contributed by atoms with Gasteiger partial charge in [0, 0.05) is 20.1 Å². The van der Waals surface area contributed by atoms with E-state index in [-0.39, 0.29) is 31.3 Å². The van der Waals surface area contributed by atoms with E-state index in [1.807, 2.05) is 18.2 Å². The van der Waals surface area contributed by atoms with Crippen LogP contribution >= 0.6 is 0 Å². The van der Waals surface area contributed by atoms with E-state index in [2.05, 4.69) is 10.1 Å². The highest BCUT2D eigenvalue weighted by Crippen LogP contribution is 2.35. The SMILES string of the molecule is CO[C@@H]1C[C@H](c2nc(C)no2)N(C(=O)Cc2ccc3c(c2)OCO3)C1. The maximum Gasteiger partial charge on any atom is 0.249 e. The average molecular weight is 345 g/mol. The standard InChI is InChI=1S/C17H19N3O5/c1-10-18-17(25-19-10)13-7-12(22-2)8-20(13)16(21)6-11-3-4-14-15(5-11)24-9-23-14/h3-5,12-13H,6-9H2,1-2H3/t12-,13-/m1/s1. The van der Waals surface area contributed by atoms with Gasteiger partial charge >= 0.3 is 0 Å². The van der Waals surface area contributed by atoms with E-state index >= 15 is 0 Å². The number of fused-ring (bicyclic) bond motifs is 1. The molecule has 0 N–H and O–H groups in total. The molecule has 2 aliphatic heterocycles. The third kappa shape index (κ3) is 3.05. The maximum atomic E-state index is 12.9. The van der Waals surface area contributed by atoms with Crippen molar-refractivity contribution in [3.63, 3.8) is 0 Å². The fraction of sp³-hybridized carbons (Fsp3) is 0.471. The minimum Gasteiger partial charge on any atom is -0.454 e. The summed E-state index contributed by atoms with van der Waals surface area (Å²) in [6, 6.07) is 5.29. The summed E-state index contributed by atoms with van der Waals surface area (Å²) in [5, 5.41) is 3.83. The topological polar surface area (TPSA) is 86.9 Å². The minimum atomic E-state index is -0.257. The van der Waals surface area contributed by atoms with Crippen LogP contribution in [0.4, 0.5) is 0 Å². The van der Waals surface area contributed by atoms with Gasteiger partial charge in [0.15, 0.2) is 17.3 Å². The largest absolute Gasteiger partial charge is 0.454 e. The zero-order valence-electron chi connectivity index (χ0n) is 14.1. The van der Waals surface area contributed by atoms with Crippen LogP contribution in [0.3, 0.4) is 0 Å². The molecule has 1 saturated heterocycles. The molecule has 4 rings (SSSR count). The Labute approximate surface area is 144 Å². The van der Waals surface area contributed by atoms with Crippen LogP contribution in [0.1, 0.15) is 29.7 Å². The maximum absolute atomic E-state index is 12.9. The first-order chi connectivity index (χ1) is 12.1. The smallest absolute Gasteiger partial charge is 0.249 e. The van der Waals surface area contributed by atoms with Gasteiger partial charge in [-0.05, 0) is 24.6 Å². The van der Waals surface area contributed by atoms with Crippen LogP contribution in [0.5, 0.6) is 11.5 Å². The van der Waals surface area contributed by atoms with Crippen LogP contribution in [0.25, 0.3) is 0 Å². The van der Waals surface area contributed by atoms with Crippen LogP contribution in [0.15, 0.2) is 22.7 Å². The van der Waals surface area contributed by atoms with Gasteiger partial charge in [0.05, 0.1) is 12.5 Å². The van der Waals surface area contributed by atoms with Gasteiger partial charge in [-0.3, -0.25) is 4.79 Å². The van der Waals surface area contributed by atoms with Crippen LogP contribution in [-0.4, -0.2) is 47.5 Å². The molecule has 0 spiro atoms. The van der Waals surface area contributed by atoms with E-state index in [0.29, 0.717) is 36.2 Å². The molecule has 0 saturated carbocycles. The molecule has 2 aliphatic rings. The zero-order valence-corrected chi connectivity index (χ0v) is 14.1. The molecular weight excluding hydrogens is 326 g/mol. The van der Waals surface area contributed by atoms with Crippen molar-refractivity contribution in [1.82, 2.24) is 15.0 Å². The summed E-state index contributed by atoms with van der Waals surface area (Å²) in [6.45, 7) is 2.48. The molecule has 0 radical (unpaired) electrons. The number of rotatable bonds is 4. The number of hydrogen-bond acceptors (Lipinski definition) is 7. The average Bonchev–Trinajstić information content (AvgIpc) is 3.32. The van der Waals surface area contributed by atoms with E-state index < -0.39 is 0 Å². The molecule has 0 bridgehead atoms. The molecule has 2 aromatic rings. The van der Waals surface area contributed by atoms with Gasteiger partial charge in [-0.1, -0.05) is 11.2 Å². The first kappa shape index (κ1) is 15.9. The Morgan fingerprint density at radius 2 is 2.20 bits per heavy atom. The van der Waals surface area contributed by atoms with Crippen molar-refractivity contribution >= 4 is 5.91 Å². The van der Waals surface area contributed by atoms with Crippen LogP contribution in [-0.2, 0) is 16.0 Å². The van der Waals surface area contributed by atoms with Gasteiger partial charge in [-0.15, -0.1) is 0 Å². The Balaban J connectivity index is 1.52. The third-order valence-electron chi connectivity index (χ3n) is 4.54. The van der Waals surface area contributed by atoms with Gasteiger partial charge in [0.2, 0.25) is 18.6 Å². The Morgan fingerprint density at radius 1 is 1.36 bits per heavy atom. The molecule has 1 amide bonds. The number of carbonyl (C=O) groups is 1. The van der Waals surface area contributed by atoms with Gasteiger partial charge in [0.25, 0.3) is 0 Å². The summed E-state index contributed by atoms with van der Waals surface area (Å²) in [6.07, 6.45) is 0.861. The normalized spacial score (nSPS) is 21.8. The number of nitrogens with zero attached hydrogens (tertiary/aromatic N) is 3. The molecule has 25 heavy (non-hydrogen) atoms. The lowest BCUT2D eigenvalue weighted by molar-refractivity contribution is -0.132. The summed E-state index contributed by atoms with van der Waals surface area (Å²) < 4.78 is 21.4. The number of aromatic nitrogens is 2. The van der Waals surface area contributed by atoms with Crippen LogP contribution in [0.2, 0.25) is 0 Å². The number of amides is 1. The number of methoxy groups -OCH3 is 1. The number of benzene rings is 1. The number of hydrogen-bond donors (Lipinski definition) is 0. The first-order valence-electron chi connectivity index (χ1n) is 8.15. The van der Waals surface area contributed by atoms with Gasteiger partial charge in [-0.2, -0.15) is 4.98 Å². The quantitative estimate of drug-likeness (QED) is 0.832. The van der Waals surface area contributed by atoms with E-state index in [0.717, 1.165) is 5.56 Å². The predicted octanol–water partition coefficient (Wildman–Crippen LogP) is 1.64. The number of aryl methyl sites for hydroxylation is 1. The number of carbonyl (C=O) groups excluding carboxylic acids is 1. The number of ether oxygens (including phenoxy) is 3. The second kappa shape index (κ2) is 6.36. The lowest BCUT2D eigenvalue weighted by Gasteiger charge is -2.21. The molecule has 1 aromatic carbocycles. The fourth-order valence-corrected chi connectivity index (χ4v) is 3.25. The van der Waals surface area contributed by atoms with Crippen molar-refractivity contribution in [2.75, 3.05) is 20.4 Å². The second-order valence-corrected chi connectivity index (χ2v) is 6.20. The van der Waals surface area contributed by atoms with Crippen molar-refractivity contribution in [2.24, 2.45) is 0 Å². The number of likely N-dealkylation sites (tertiary alicyclic amines) is 1. The van der Waals surface area contributed by atoms with Gasteiger partial charge in [-0.25, -0.2) is 0 Å². The summed E-state index contributed by atoms with van der Waals surface area (Å²) in [4.78, 5) is 18.9. The fourth-order valence-electron chi connectivity index (χ4n) is 3.25. The summed E-state index contributed by atoms with van der Waals surface area (Å²) in [5.74, 6) is 2.37. The Hall–Kier alpha value is -2.61.